The van der Waals surface area contributed by atoms with E-state index in [1.165, 1.54) is 0 Å². The van der Waals surface area contributed by atoms with Crippen LogP contribution >= 0.6 is 12.4 Å². The molecule has 2 saturated heterocycles. The molecule has 0 radical (unpaired) electrons. The lowest BCUT2D eigenvalue weighted by atomic mass is 10.0. The van der Waals surface area contributed by atoms with E-state index in [9.17, 15) is 61.5 Å². The van der Waals surface area contributed by atoms with Crippen molar-refractivity contribution in [3.8, 4) is 0 Å². The van der Waals surface area contributed by atoms with Crippen LogP contribution in [-0.2, 0) is 26.6 Å². The molecule has 4 rings (SSSR count). The zero-order valence-corrected chi connectivity index (χ0v) is 25.1. The molecule has 20 heteroatoms. The predicted molar refractivity (Wildman–Crippen MR) is 141 cm³/mol. The van der Waals surface area contributed by atoms with E-state index in [1.54, 1.807) is 0 Å². The second-order valence-electron chi connectivity index (χ2n) is 10.9. The number of nitrogens with zero attached hydrogens (tertiary/aromatic N) is 2. The number of halogens is 15. The molecule has 2 heterocycles. The van der Waals surface area contributed by atoms with E-state index in [2.05, 4.69) is 4.74 Å². The molecule has 0 N–H and O–H groups in total. The molecule has 2 aliphatic heterocycles. The monoisotopic (exact) mass is 740 g/mol. The van der Waals surface area contributed by atoms with Gasteiger partial charge in [-0.3, -0.25) is 9.80 Å². The van der Waals surface area contributed by atoms with Gasteiger partial charge in [-0.05, 0) is 35.4 Å². The van der Waals surface area contributed by atoms with Crippen LogP contribution in [0.25, 0.3) is 0 Å². The minimum atomic E-state index is -5.34. The molecule has 0 spiro atoms. The quantitative estimate of drug-likeness (QED) is 0.259. The van der Waals surface area contributed by atoms with Gasteiger partial charge >= 0.3 is 24.7 Å². The van der Waals surface area contributed by atoms with Crippen LogP contribution in [0.4, 0.5) is 61.5 Å². The van der Waals surface area contributed by atoms with Crippen LogP contribution in [0, 0.1) is 11.6 Å². The van der Waals surface area contributed by atoms with Crippen LogP contribution in [0.3, 0.4) is 0 Å². The number of hydrogen-bond acceptors (Lipinski definition) is 5. The second kappa shape index (κ2) is 15.2. The Morgan fingerprint density at radius 2 is 0.979 bits per heavy atom. The summed E-state index contributed by atoms with van der Waals surface area (Å²) in [5.41, 5.74) is -3.70. The van der Waals surface area contributed by atoms with Gasteiger partial charge in [0.05, 0.1) is 36.5 Å². The van der Waals surface area contributed by atoms with E-state index in [4.69, 9.17) is 9.47 Å². The molecule has 0 saturated carbocycles. The fourth-order valence-electron chi connectivity index (χ4n) is 5.18. The summed E-state index contributed by atoms with van der Waals surface area (Å²) in [4.78, 5) is 1.99. The number of rotatable bonds is 8. The number of benzene rings is 2. The largest absolute Gasteiger partial charge is 0.419 e. The van der Waals surface area contributed by atoms with Crippen molar-refractivity contribution in [1.82, 2.24) is 9.80 Å². The third-order valence-corrected chi connectivity index (χ3v) is 7.54. The van der Waals surface area contributed by atoms with Crippen molar-refractivity contribution in [2.24, 2.45) is 0 Å². The van der Waals surface area contributed by atoms with Crippen molar-refractivity contribution >= 4 is 12.4 Å². The summed E-state index contributed by atoms with van der Waals surface area (Å²) in [6.07, 6.45) is -29.5. The van der Waals surface area contributed by atoms with Crippen LogP contribution in [0.5, 0.6) is 0 Å². The van der Waals surface area contributed by atoms with Crippen LogP contribution in [0.1, 0.15) is 34.5 Å². The van der Waals surface area contributed by atoms with Gasteiger partial charge in [0.15, 0.2) is 12.2 Å². The highest BCUT2D eigenvalue weighted by Crippen LogP contribution is 2.37. The molecular formula is C28H27ClF14N2O3. The van der Waals surface area contributed by atoms with Gasteiger partial charge in [-0.1, -0.05) is 12.1 Å². The zero-order chi connectivity index (χ0) is 34.9. The predicted octanol–water partition coefficient (Wildman–Crippen LogP) is 7.75. The number of ether oxygens (including phenoxy) is 3. The molecule has 2 aromatic carbocycles. The molecule has 0 aromatic heterocycles. The van der Waals surface area contributed by atoms with Gasteiger partial charge < -0.3 is 14.2 Å². The Morgan fingerprint density at radius 1 is 0.625 bits per heavy atom. The summed E-state index contributed by atoms with van der Waals surface area (Å²) in [6.45, 7) is -4.43. The third-order valence-electron chi connectivity index (χ3n) is 7.54. The normalized spacial score (nSPS) is 21.9. The van der Waals surface area contributed by atoms with E-state index in [0.717, 1.165) is 21.9 Å². The maximum absolute atomic E-state index is 14.0. The van der Waals surface area contributed by atoms with Gasteiger partial charge in [-0.25, -0.2) is 8.78 Å². The summed E-state index contributed by atoms with van der Waals surface area (Å²) in [7, 11) is 0. The Labute approximate surface area is 270 Å². The molecule has 0 amide bonds. The minimum Gasteiger partial charge on any atom is -0.371 e. The molecule has 2 aliphatic rings. The summed E-state index contributed by atoms with van der Waals surface area (Å²) >= 11 is 0. The maximum atomic E-state index is 14.0. The van der Waals surface area contributed by atoms with Crippen LogP contribution in [-0.4, -0.2) is 86.8 Å². The number of morpholine rings is 2. The maximum Gasteiger partial charge on any atom is 0.419 e. The number of hydrogen-bond donors (Lipinski definition) is 0. The summed E-state index contributed by atoms with van der Waals surface area (Å²) in [5.74, 6) is -3.18. The fraction of sp³-hybridized carbons (Fsp3) is 0.571. The molecule has 4 atom stereocenters. The Balaban J connectivity index is 0.00000625. The zero-order valence-electron chi connectivity index (χ0n) is 24.2. The SMILES string of the molecule is Cl.Fc1ccc([C@@H]2CN(C[C@H](O[C@@H](CN3CCO[C@H](c4ccc(F)c(C(F)(F)F)c4)C3)C(F)(F)F)C(F)(F)F)CCO2)cc1C(F)(F)F. The molecule has 0 bridgehead atoms. The smallest absolute Gasteiger partial charge is 0.371 e. The Morgan fingerprint density at radius 3 is 1.29 bits per heavy atom. The standard InChI is InChI=1S/C28H26F14N2O3.ClH/c29-19-3-1-15(9-17(19)25(31,32)33)21-11-43(5-7-45-21)13-23(27(37,38)39)47-24(28(40,41)42)14-44-6-8-46-22(12-44)16-2-4-20(30)18(10-16)26(34,35)36;/h1-4,9-10,21-24H,5-8,11-14H2;1H/t21-,22-,23-,24-;/m0./s1. The van der Waals surface area contributed by atoms with E-state index < -0.39 is 98.1 Å². The van der Waals surface area contributed by atoms with Crippen LogP contribution in [0.2, 0.25) is 0 Å². The van der Waals surface area contributed by atoms with Gasteiger partial charge in [0.1, 0.15) is 11.6 Å². The molecular weight excluding hydrogens is 714 g/mol. The van der Waals surface area contributed by atoms with Gasteiger partial charge in [-0.2, -0.15) is 52.7 Å². The average Bonchev–Trinajstić information content (AvgIpc) is 2.95. The van der Waals surface area contributed by atoms with E-state index in [-0.39, 0.29) is 49.8 Å². The van der Waals surface area contributed by atoms with Gasteiger partial charge in [0.25, 0.3) is 0 Å². The lowest BCUT2D eigenvalue weighted by molar-refractivity contribution is -0.292. The van der Waals surface area contributed by atoms with Crippen molar-refractivity contribution in [2.45, 2.75) is 49.1 Å². The molecule has 0 aliphatic carbocycles. The highest BCUT2D eigenvalue weighted by atomic mass is 35.5. The third kappa shape index (κ3) is 10.3. The molecule has 5 nitrogen and oxygen atoms in total. The molecule has 2 aromatic rings. The summed E-state index contributed by atoms with van der Waals surface area (Å²) in [5, 5.41) is 0. The Hall–Kier alpha value is -2.45. The molecule has 0 unspecified atom stereocenters. The molecule has 272 valence electrons. The first-order chi connectivity index (χ1) is 21.6. The molecule has 48 heavy (non-hydrogen) atoms. The number of alkyl halides is 12. The summed E-state index contributed by atoms with van der Waals surface area (Å²) in [6, 6.07) is 3.79. The highest BCUT2D eigenvalue weighted by Gasteiger charge is 2.50. The van der Waals surface area contributed by atoms with E-state index in [1.807, 2.05) is 0 Å². The lowest BCUT2D eigenvalue weighted by Crippen LogP contribution is -2.53. The average molecular weight is 741 g/mol. The minimum absolute atomic E-state index is 0. The Kier molecular flexibility index (Phi) is 12.7. The first-order valence-corrected chi connectivity index (χ1v) is 13.8. The van der Waals surface area contributed by atoms with E-state index >= 15 is 0 Å². The van der Waals surface area contributed by atoms with Crippen molar-refractivity contribution < 1.29 is 75.7 Å². The first kappa shape index (κ1) is 40.0. The lowest BCUT2D eigenvalue weighted by Gasteiger charge is -2.39. The first-order valence-electron chi connectivity index (χ1n) is 13.8. The van der Waals surface area contributed by atoms with Gasteiger partial charge in [0, 0.05) is 39.3 Å². The summed E-state index contributed by atoms with van der Waals surface area (Å²) < 4.78 is 206. The molecule has 2 fully saturated rings. The fourth-order valence-corrected chi connectivity index (χ4v) is 5.18. The van der Waals surface area contributed by atoms with Crippen molar-refractivity contribution in [3.63, 3.8) is 0 Å². The van der Waals surface area contributed by atoms with Crippen LogP contribution in [0.15, 0.2) is 36.4 Å². The second-order valence-corrected chi connectivity index (χ2v) is 10.9. The van der Waals surface area contributed by atoms with Gasteiger partial charge in [0.2, 0.25) is 0 Å². The van der Waals surface area contributed by atoms with Crippen LogP contribution < -0.4 is 0 Å². The van der Waals surface area contributed by atoms with Crippen molar-refractivity contribution in [3.05, 3.63) is 70.3 Å². The topological polar surface area (TPSA) is 34.2 Å². The highest BCUT2D eigenvalue weighted by molar-refractivity contribution is 5.85. The van der Waals surface area contributed by atoms with E-state index in [0.29, 0.717) is 24.3 Å². The van der Waals surface area contributed by atoms with Gasteiger partial charge in [-0.15, -0.1) is 12.4 Å². The van der Waals surface area contributed by atoms with Crippen molar-refractivity contribution in [2.75, 3.05) is 52.5 Å². The Bertz CT molecular complexity index is 1270. The van der Waals surface area contributed by atoms with Crippen molar-refractivity contribution in [1.29, 1.82) is 0 Å².